The SMILES string of the molecule is CC1=C(C(=O)OC(C)C)[C@H](c2ccc(Br)s2)NC(=O)N1. The number of ether oxygens (including phenoxy) is 1. The van der Waals surface area contributed by atoms with Crippen LogP contribution in [0.3, 0.4) is 0 Å². The smallest absolute Gasteiger partial charge is 0.338 e. The van der Waals surface area contributed by atoms with Crippen molar-refractivity contribution < 1.29 is 14.3 Å². The second kappa shape index (κ2) is 5.97. The molecule has 2 amide bonds. The van der Waals surface area contributed by atoms with Gasteiger partial charge >= 0.3 is 12.0 Å². The maximum absolute atomic E-state index is 12.2. The molecule has 0 bridgehead atoms. The molecule has 5 nitrogen and oxygen atoms in total. The molecule has 2 heterocycles. The third-order valence-corrected chi connectivity index (χ3v) is 4.40. The highest BCUT2D eigenvalue weighted by atomic mass is 79.9. The Bertz CT molecular complexity index is 580. The Morgan fingerprint density at radius 3 is 2.70 bits per heavy atom. The number of carbonyl (C=O) groups is 2. The fourth-order valence-electron chi connectivity index (χ4n) is 1.94. The Morgan fingerprint density at radius 1 is 1.45 bits per heavy atom. The highest BCUT2D eigenvalue weighted by molar-refractivity contribution is 9.11. The predicted octanol–water partition coefficient (Wildman–Crippen LogP) is 3.09. The van der Waals surface area contributed by atoms with Crippen molar-refractivity contribution in [1.29, 1.82) is 0 Å². The normalized spacial score (nSPS) is 18.9. The van der Waals surface area contributed by atoms with Gasteiger partial charge in [0.25, 0.3) is 0 Å². The Balaban J connectivity index is 2.39. The van der Waals surface area contributed by atoms with E-state index in [0.717, 1.165) is 8.66 Å². The van der Waals surface area contributed by atoms with Gasteiger partial charge in [-0.15, -0.1) is 11.3 Å². The van der Waals surface area contributed by atoms with E-state index in [4.69, 9.17) is 4.74 Å². The zero-order valence-electron chi connectivity index (χ0n) is 11.3. The molecule has 1 aromatic heterocycles. The van der Waals surface area contributed by atoms with Gasteiger partial charge in [0.2, 0.25) is 0 Å². The molecule has 0 aromatic carbocycles. The van der Waals surface area contributed by atoms with E-state index in [1.54, 1.807) is 20.8 Å². The van der Waals surface area contributed by atoms with Crippen molar-refractivity contribution >= 4 is 39.3 Å². The lowest BCUT2D eigenvalue weighted by molar-refractivity contribution is -0.143. The summed E-state index contributed by atoms with van der Waals surface area (Å²) in [5, 5.41) is 5.37. The number of carbonyl (C=O) groups excluding carboxylic acids is 2. The number of amides is 2. The number of allylic oxidation sites excluding steroid dienone is 1. The van der Waals surface area contributed by atoms with Crippen molar-refractivity contribution in [3.8, 4) is 0 Å². The summed E-state index contributed by atoms with van der Waals surface area (Å²) in [6.07, 6.45) is -0.212. The molecule has 0 fully saturated rings. The maximum Gasteiger partial charge on any atom is 0.338 e. The molecule has 108 valence electrons. The number of rotatable bonds is 3. The van der Waals surface area contributed by atoms with Crippen LogP contribution in [0.1, 0.15) is 31.7 Å². The molecular formula is C13H15BrN2O3S. The van der Waals surface area contributed by atoms with Gasteiger partial charge in [-0.05, 0) is 48.8 Å². The molecule has 0 saturated carbocycles. The molecule has 0 saturated heterocycles. The third-order valence-electron chi connectivity index (χ3n) is 2.71. The van der Waals surface area contributed by atoms with Crippen LogP contribution < -0.4 is 10.6 Å². The molecule has 20 heavy (non-hydrogen) atoms. The lowest BCUT2D eigenvalue weighted by Gasteiger charge is -2.27. The van der Waals surface area contributed by atoms with Crippen molar-refractivity contribution in [3.05, 3.63) is 32.1 Å². The molecule has 0 spiro atoms. The van der Waals surface area contributed by atoms with Crippen LogP contribution in [-0.4, -0.2) is 18.1 Å². The zero-order valence-corrected chi connectivity index (χ0v) is 13.7. The van der Waals surface area contributed by atoms with Crippen LogP contribution in [0, 0.1) is 0 Å². The van der Waals surface area contributed by atoms with E-state index in [1.165, 1.54) is 11.3 Å². The van der Waals surface area contributed by atoms with E-state index in [0.29, 0.717) is 11.3 Å². The summed E-state index contributed by atoms with van der Waals surface area (Å²) in [6, 6.07) is 2.96. The van der Waals surface area contributed by atoms with E-state index in [2.05, 4.69) is 26.6 Å². The minimum atomic E-state index is -0.480. The highest BCUT2D eigenvalue weighted by Crippen LogP contribution is 2.34. The summed E-state index contributed by atoms with van der Waals surface area (Å²) in [7, 11) is 0. The molecule has 1 aliphatic heterocycles. The topological polar surface area (TPSA) is 67.4 Å². The standard InChI is InChI=1S/C13H15BrN2O3S/c1-6(2)19-12(17)10-7(3)15-13(18)16-11(10)8-4-5-9(14)20-8/h4-6,11H,1-3H3,(H2,15,16,18)/t11-/m0/s1. The van der Waals surface area contributed by atoms with Crippen LogP contribution in [0.25, 0.3) is 0 Å². The molecule has 0 radical (unpaired) electrons. The Morgan fingerprint density at radius 2 is 2.15 bits per heavy atom. The van der Waals surface area contributed by atoms with Gasteiger partial charge in [0.15, 0.2) is 0 Å². The van der Waals surface area contributed by atoms with Crippen molar-refractivity contribution in [2.45, 2.75) is 32.9 Å². The minimum absolute atomic E-state index is 0.212. The second-order valence-corrected chi connectivity index (χ2v) is 7.16. The highest BCUT2D eigenvalue weighted by Gasteiger charge is 2.33. The fourth-order valence-corrected chi connectivity index (χ4v) is 3.42. The van der Waals surface area contributed by atoms with Gasteiger partial charge in [0.05, 0.1) is 21.5 Å². The largest absolute Gasteiger partial charge is 0.459 e. The molecule has 1 atom stereocenters. The maximum atomic E-state index is 12.2. The van der Waals surface area contributed by atoms with Crippen molar-refractivity contribution in [2.24, 2.45) is 0 Å². The van der Waals surface area contributed by atoms with Gasteiger partial charge in [-0.3, -0.25) is 0 Å². The summed E-state index contributed by atoms with van der Waals surface area (Å²) in [5.74, 6) is -0.417. The zero-order chi connectivity index (χ0) is 14.9. The minimum Gasteiger partial charge on any atom is -0.459 e. The number of hydrogen-bond donors (Lipinski definition) is 2. The summed E-state index contributed by atoms with van der Waals surface area (Å²) in [6.45, 7) is 5.28. The average molecular weight is 359 g/mol. The molecule has 7 heteroatoms. The molecule has 0 aliphatic carbocycles. The average Bonchev–Trinajstić information content (AvgIpc) is 2.73. The van der Waals surface area contributed by atoms with Crippen LogP contribution in [0.15, 0.2) is 27.2 Å². The van der Waals surface area contributed by atoms with Crippen molar-refractivity contribution in [3.63, 3.8) is 0 Å². The summed E-state index contributed by atoms with van der Waals surface area (Å²) >= 11 is 4.85. The van der Waals surface area contributed by atoms with Crippen LogP contribution in [0.2, 0.25) is 0 Å². The van der Waals surface area contributed by atoms with Gasteiger partial charge in [-0.25, -0.2) is 9.59 Å². The third kappa shape index (κ3) is 3.21. The first kappa shape index (κ1) is 15.1. The number of nitrogens with one attached hydrogen (secondary N) is 2. The summed E-state index contributed by atoms with van der Waals surface area (Å²) in [4.78, 5) is 24.8. The van der Waals surface area contributed by atoms with Crippen molar-refractivity contribution in [2.75, 3.05) is 0 Å². The number of halogens is 1. The van der Waals surface area contributed by atoms with Gasteiger partial charge in [-0.1, -0.05) is 0 Å². The number of hydrogen-bond acceptors (Lipinski definition) is 4. The molecule has 1 aliphatic rings. The summed E-state index contributed by atoms with van der Waals surface area (Å²) < 4.78 is 6.20. The lowest BCUT2D eigenvalue weighted by atomic mass is 10.0. The van der Waals surface area contributed by atoms with Gasteiger partial charge in [0, 0.05) is 10.6 Å². The van der Waals surface area contributed by atoms with Crippen LogP contribution in [0.5, 0.6) is 0 Å². The molecule has 2 N–H and O–H groups in total. The first-order valence-electron chi connectivity index (χ1n) is 6.13. The van der Waals surface area contributed by atoms with E-state index in [9.17, 15) is 9.59 Å². The molecular weight excluding hydrogens is 344 g/mol. The Hall–Kier alpha value is -1.34. The molecule has 2 rings (SSSR count). The van der Waals surface area contributed by atoms with E-state index in [1.807, 2.05) is 12.1 Å². The lowest BCUT2D eigenvalue weighted by Crippen LogP contribution is -2.45. The van der Waals surface area contributed by atoms with Crippen LogP contribution >= 0.6 is 27.3 Å². The quantitative estimate of drug-likeness (QED) is 0.815. The molecule has 1 aromatic rings. The van der Waals surface area contributed by atoms with Gasteiger partial charge in [0.1, 0.15) is 0 Å². The van der Waals surface area contributed by atoms with Gasteiger partial charge < -0.3 is 15.4 Å². The molecule has 0 unspecified atom stereocenters. The number of esters is 1. The van der Waals surface area contributed by atoms with E-state index < -0.39 is 12.0 Å². The first-order chi connectivity index (χ1) is 9.38. The monoisotopic (exact) mass is 358 g/mol. The number of thiophene rings is 1. The fraction of sp³-hybridized carbons (Fsp3) is 0.385. The number of urea groups is 1. The van der Waals surface area contributed by atoms with Crippen molar-refractivity contribution in [1.82, 2.24) is 10.6 Å². The van der Waals surface area contributed by atoms with Gasteiger partial charge in [-0.2, -0.15) is 0 Å². The Kier molecular flexibility index (Phi) is 4.49. The van der Waals surface area contributed by atoms with E-state index >= 15 is 0 Å². The first-order valence-corrected chi connectivity index (χ1v) is 7.74. The Labute approximate surface area is 129 Å². The summed E-state index contributed by atoms with van der Waals surface area (Å²) in [5.41, 5.74) is 0.960. The predicted molar refractivity (Wildman–Crippen MR) is 80.4 cm³/mol. The van der Waals surface area contributed by atoms with E-state index in [-0.39, 0.29) is 12.1 Å². The van der Waals surface area contributed by atoms with Crippen LogP contribution in [0.4, 0.5) is 4.79 Å². The van der Waals surface area contributed by atoms with Crippen LogP contribution in [-0.2, 0) is 9.53 Å². The second-order valence-electron chi connectivity index (χ2n) is 4.67.